The van der Waals surface area contributed by atoms with Crippen molar-refractivity contribution in [3.63, 3.8) is 0 Å². The maximum atomic E-state index is 11.0. The predicted molar refractivity (Wildman–Crippen MR) is 194 cm³/mol. The minimum atomic E-state index is -0.364. The van der Waals surface area contributed by atoms with Crippen LogP contribution in [0.2, 0.25) is 0 Å². The number of nitrogens with zero attached hydrogens (tertiary/aromatic N) is 4. The molecule has 0 aliphatic carbocycles. The number of unbranched alkanes of at least 4 members (excludes halogenated alkanes) is 2. The highest BCUT2D eigenvalue weighted by molar-refractivity contribution is 5.70. The number of hydrogen-bond donors (Lipinski definition) is 3. The van der Waals surface area contributed by atoms with Crippen LogP contribution in [0.4, 0.5) is 11.4 Å². The second-order valence-corrected chi connectivity index (χ2v) is 12.8. The molecule has 0 radical (unpaired) electrons. The fourth-order valence-corrected chi connectivity index (χ4v) is 5.96. The number of pyridine rings is 1. The largest absolute Gasteiger partial charge is 0.494 e. The van der Waals surface area contributed by atoms with E-state index in [9.17, 15) is 4.79 Å². The molecule has 12 nitrogen and oxygen atoms in total. The molecular weight excluding hydrogens is 634 g/mol. The number of ether oxygens (including phenoxy) is 4. The Labute approximate surface area is 295 Å². The van der Waals surface area contributed by atoms with E-state index in [2.05, 4.69) is 90.8 Å². The third-order valence-corrected chi connectivity index (χ3v) is 8.95. The number of aromatic nitrogens is 4. The van der Waals surface area contributed by atoms with Gasteiger partial charge in [-0.3, -0.25) is 4.98 Å². The van der Waals surface area contributed by atoms with Crippen molar-refractivity contribution < 1.29 is 23.7 Å². The third kappa shape index (κ3) is 11.0. The number of esters is 1. The summed E-state index contributed by atoms with van der Waals surface area (Å²) in [6, 6.07) is 20.7. The van der Waals surface area contributed by atoms with E-state index in [-0.39, 0.29) is 24.2 Å². The Morgan fingerprint density at radius 2 is 1.64 bits per heavy atom. The molecule has 0 amide bonds. The Balaban J connectivity index is 1.08. The van der Waals surface area contributed by atoms with Crippen LogP contribution in [0.1, 0.15) is 62.9 Å². The zero-order chi connectivity index (χ0) is 35.0. The van der Waals surface area contributed by atoms with Gasteiger partial charge in [-0.15, -0.1) is 10.2 Å². The van der Waals surface area contributed by atoms with Gasteiger partial charge in [0.1, 0.15) is 12.4 Å². The van der Waals surface area contributed by atoms with Crippen molar-refractivity contribution in [2.24, 2.45) is 0 Å². The summed E-state index contributed by atoms with van der Waals surface area (Å²) >= 11 is 0. The standard InChI is InChI=1S/C38H51N7O5/c1-29(31-10-7-13-34(26-31)50-25-6-4-5-22-48-23-9-24-49-28-35(46)47-3)40-32-11-8-12-33(27-32)42-38(16-20-45(2)21-17-38)37-41-36(43-44-37)30-14-18-39-19-15-30/h7-8,10-15,18-19,26-27,29,40,42H,4-6,9,16-17,20-25,28H2,1-3H3,(H,41,43,44)/t29-/m0/s1. The number of piperidine rings is 1. The smallest absolute Gasteiger partial charge is 0.331 e. The van der Waals surface area contributed by atoms with E-state index in [4.69, 9.17) is 14.2 Å². The van der Waals surface area contributed by atoms with Gasteiger partial charge in [0.15, 0.2) is 11.6 Å². The van der Waals surface area contributed by atoms with Crippen LogP contribution in [0.25, 0.3) is 11.4 Å². The molecule has 12 heteroatoms. The van der Waals surface area contributed by atoms with Gasteiger partial charge in [0.2, 0.25) is 0 Å². The molecular formula is C38H51N7O5. The van der Waals surface area contributed by atoms with Gasteiger partial charge in [-0.25, -0.2) is 4.79 Å². The van der Waals surface area contributed by atoms with Crippen molar-refractivity contribution in [1.29, 1.82) is 0 Å². The van der Waals surface area contributed by atoms with E-state index < -0.39 is 0 Å². The average Bonchev–Trinajstić information content (AvgIpc) is 3.65. The predicted octanol–water partition coefficient (Wildman–Crippen LogP) is 6.22. The highest BCUT2D eigenvalue weighted by atomic mass is 16.6. The minimum Gasteiger partial charge on any atom is -0.494 e. The maximum Gasteiger partial charge on any atom is 0.331 e. The Hall–Kier alpha value is -4.52. The molecule has 3 N–H and O–H groups in total. The number of H-pyrrole nitrogens is 1. The molecule has 268 valence electrons. The highest BCUT2D eigenvalue weighted by Crippen LogP contribution is 2.36. The molecule has 3 heterocycles. The summed E-state index contributed by atoms with van der Waals surface area (Å²) in [5.41, 5.74) is 3.81. The molecule has 1 aliphatic rings. The van der Waals surface area contributed by atoms with E-state index in [1.54, 1.807) is 12.4 Å². The summed E-state index contributed by atoms with van der Waals surface area (Å²) in [4.78, 5) is 21.0. The molecule has 0 spiro atoms. The quantitative estimate of drug-likeness (QED) is 0.0723. The lowest BCUT2D eigenvalue weighted by molar-refractivity contribution is -0.146. The van der Waals surface area contributed by atoms with Crippen LogP contribution >= 0.6 is 0 Å². The summed E-state index contributed by atoms with van der Waals surface area (Å²) in [6.07, 6.45) is 9.06. The lowest BCUT2D eigenvalue weighted by atomic mass is 9.86. The van der Waals surface area contributed by atoms with Crippen LogP contribution in [0, 0.1) is 0 Å². The first-order valence-corrected chi connectivity index (χ1v) is 17.6. The van der Waals surface area contributed by atoms with E-state index in [1.807, 2.05) is 24.3 Å². The van der Waals surface area contributed by atoms with E-state index in [1.165, 1.54) is 7.11 Å². The van der Waals surface area contributed by atoms with Gasteiger partial charge in [-0.2, -0.15) is 0 Å². The number of aromatic amines is 1. The number of nitrogens with one attached hydrogen (secondary N) is 3. The molecule has 1 aliphatic heterocycles. The number of likely N-dealkylation sites (tertiary alicyclic amines) is 1. The average molecular weight is 686 g/mol. The van der Waals surface area contributed by atoms with Gasteiger partial charge in [-0.1, -0.05) is 18.2 Å². The number of carbonyl (C=O) groups is 1. The van der Waals surface area contributed by atoms with Crippen LogP contribution in [-0.4, -0.2) is 91.3 Å². The summed E-state index contributed by atoms with van der Waals surface area (Å²) in [7, 11) is 3.51. The summed E-state index contributed by atoms with van der Waals surface area (Å²) in [5, 5.41) is 16.7. The summed E-state index contributed by atoms with van der Waals surface area (Å²) < 4.78 is 21.5. The van der Waals surface area contributed by atoms with Gasteiger partial charge in [-0.05, 0) is 101 Å². The molecule has 0 saturated carbocycles. The van der Waals surface area contributed by atoms with Crippen molar-refractivity contribution in [2.45, 2.75) is 57.0 Å². The van der Waals surface area contributed by atoms with Crippen LogP contribution in [0.3, 0.4) is 0 Å². The van der Waals surface area contributed by atoms with Gasteiger partial charge < -0.3 is 39.5 Å². The molecule has 2 aromatic heterocycles. The SMILES string of the molecule is COC(=O)COCCCOCCCCCOc1cccc([C@H](C)Nc2cccc(NC3(c4nnc(-c5ccncc5)[nH]4)CCN(C)CC3)c2)c1. The zero-order valence-corrected chi connectivity index (χ0v) is 29.5. The number of hydrogen-bond acceptors (Lipinski definition) is 11. The van der Waals surface area contributed by atoms with Crippen molar-refractivity contribution in [3.8, 4) is 17.1 Å². The Kier molecular flexibility index (Phi) is 14.0. The zero-order valence-electron chi connectivity index (χ0n) is 29.5. The first kappa shape index (κ1) is 36.8. The Morgan fingerprint density at radius 3 is 2.46 bits per heavy atom. The van der Waals surface area contributed by atoms with Crippen molar-refractivity contribution >= 4 is 17.3 Å². The number of anilines is 2. The van der Waals surface area contributed by atoms with Crippen LogP contribution in [-0.2, 0) is 24.5 Å². The molecule has 1 fully saturated rings. The molecule has 4 aromatic rings. The second kappa shape index (κ2) is 19.0. The van der Waals surface area contributed by atoms with Crippen molar-refractivity contribution in [1.82, 2.24) is 25.1 Å². The Morgan fingerprint density at radius 1 is 0.900 bits per heavy atom. The number of rotatable bonds is 20. The number of methoxy groups -OCH3 is 1. The fourth-order valence-electron chi connectivity index (χ4n) is 5.96. The van der Waals surface area contributed by atoms with Crippen LogP contribution in [0.15, 0.2) is 73.1 Å². The third-order valence-electron chi connectivity index (χ3n) is 8.95. The molecule has 0 unspecified atom stereocenters. The normalized spacial score (nSPS) is 14.9. The number of carbonyl (C=O) groups excluding carboxylic acids is 1. The second-order valence-electron chi connectivity index (χ2n) is 12.8. The maximum absolute atomic E-state index is 11.0. The topological polar surface area (TPSA) is 136 Å². The van der Waals surface area contributed by atoms with Gasteiger partial charge in [0.25, 0.3) is 0 Å². The lowest BCUT2D eigenvalue weighted by Gasteiger charge is -2.40. The summed E-state index contributed by atoms with van der Waals surface area (Å²) in [6.45, 7) is 6.53. The molecule has 2 aromatic carbocycles. The monoisotopic (exact) mass is 685 g/mol. The molecule has 1 atom stereocenters. The summed E-state index contributed by atoms with van der Waals surface area (Å²) in [5.74, 6) is 2.11. The lowest BCUT2D eigenvalue weighted by Crippen LogP contribution is -2.46. The van der Waals surface area contributed by atoms with E-state index in [0.29, 0.717) is 26.4 Å². The van der Waals surface area contributed by atoms with Crippen molar-refractivity contribution in [2.75, 3.05) is 70.9 Å². The van der Waals surface area contributed by atoms with Gasteiger partial charge in [0, 0.05) is 68.3 Å². The van der Waals surface area contributed by atoms with E-state index >= 15 is 0 Å². The minimum absolute atomic E-state index is 0.0126. The first-order valence-electron chi connectivity index (χ1n) is 17.6. The molecule has 0 bridgehead atoms. The highest BCUT2D eigenvalue weighted by Gasteiger charge is 2.39. The van der Waals surface area contributed by atoms with Gasteiger partial charge >= 0.3 is 5.97 Å². The van der Waals surface area contributed by atoms with Gasteiger partial charge in [0.05, 0.1) is 19.3 Å². The number of benzene rings is 2. The van der Waals surface area contributed by atoms with Crippen LogP contribution < -0.4 is 15.4 Å². The molecule has 50 heavy (non-hydrogen) atoms. The van der Waals surface area contributed by atoms with Crippen molar-refractivity contribution in [3.05, 3.63) is 84.4 Å². The van der Waals surface area contributed by atoms with Crippen LogP contribution in [0.5, 0.6) is 5.75 Å². The Bertz CT molecular complexity index is 1590. The first-order chi connectivity index (χ1) is 24.4. The fraction of sp³-hybridized carbons (Fsp3) is 0.474. The molecule has 1 saturated heterocycles. The van der Waals surface area contributed by atoms with E-state index in [0.717, 1.165) is 91.5 Å². The molecule has 5 rings (SSSR count).